The molecule has 1 N–H and O–H groups in total. The van der Waals surface area contributed by atoms with Crippen molar-refractivity contribution in [3.05, 3.63) is 54.6 Å². The summed E-state index contributed by atoms with van der Waals surface area (Å²) in [6.07, 6.45) is 0.991. The number of carbonyl (C=O) groups is 1. The van der Waals surface area contributed by atoms with Gasteiger partial charge in [-0.3, -0.25) is 4.79 Å². The number of benzene rings is 2. The van der Waals surface area contributed by atoms with E-state index in [-0.39, 0.29) is 5.91 Å². The lowest BCUT2D eigenvalue weighted by Gasteiger charge is -2.10. The van der Waals surface area contributed by atoms with E-state index in [0.29, 0.717) is 11.7 Å². The highest BCUT2D eigenvalue weighted by atomic mass is 32.2. The number of nitrogens with zero attached hydrogens (tertiary/aromatic N) is 2. The topological polar surface area (TPSA) is 54.9 Å². The van der Waals surface area contributed by atoms with Crippen molar-refractivity contribution in [1.29, 1.82) is 0 Å². The van der Waals surface area contributed by atoms with E-state index >= 15 is 0 Å². The summed E-state index contributed by atoms with van der Waals surface area (Å²) in [4.78, 5) is 12.0. The van der Waals surface area contributed by atoms with Crippen LogP contribution < -0.4 is 5.32 Å². The first kappa shape index (κ1) is 18.4. The summed E-state index contributed by atoms with van der Waals surface area (Å²) in [6, 6.07) is 18.1. The molecular weight excluding hydrogens is 342 g/mol. The van der Waals surface area contributed by atoms with Crippen molar-refractivity contribution in [3.8, 4) is 11.3 Å². The third-order valence-corrected chi connectivity index (χ3v) is 5.07. The second-order valence-electron chi connectivity index (χ2n) is 6.59. The van der Waals surface area contributed by atoms with Gasteiger partial charge < -0.3 is 5.32 Å². The van der Waals surface area contributed by atoms with Gasteiger partial charge in [-0.05, 0) is 12.3 Å². The minimum Gasteiger partial charge on any atom is -0.355 e. The summed E-state index contributed by atoms with van der Waals surface area (Å²) in [5.41, 5.74) is 1.91. The fraction of sp³-hybridized carbons (Fsp3) is 0.286. The summed E-state index contributed by atoms with van der Waals surface area (Å²) in [5, 5.41) is 14.7. The summed E-state index contributed by atoms with van der Waals surface area (Å²) < 4.78 is 0. The molecule has 0 fully saturated rings. The molecule has 2 aromatic carbocycles. The van der Waals surface area contributed by atoms with Crippen LogP contribution in [0.25, 0.3) is 22.0 Å². The molecule has 0 saturated carbocycles. The number of thioether (sulfide) groups is 1. The molecule has 26 heavy (non-hydrogen) atoms. The van der Waals surface area contributed by atoms with Gasteiger partial charge in [-0.1, -0.05) is 80.2 Å². The minimum atomic E-state index is 0.0358. The Balaban J connectivity index is 1.77. The zero-order valence-electron chi connectivity index (χ0n) is 15.1. The number of nitrogens with one attached hydrogen (secondary N) is 1. The second kappa shape index (κ2) is 8.81. The molecule has 0 saturated heterocycles. The molecule has 0 atom stereocenters. The quantitative estimate of drug-likeness (QED) is 0.624. The van der Waals surface area contributed by atoms with Crippen LogP contribution in [0.5, 0.6) is 0 Å². The monoisotopic (exact) mass is 365 g/mol. The summed E-state index contributed by atoms with van der Waals surface area (Å²) in [5.74, 6) is 0.971. The molecule has 4 nitrogen and oxygen atoms in total. The van der Waals surface area contributed by atoms with Crippen LogP contribution in [0.2, 0.25) is 0 Å². The zero-order valence-corrected chi connectivity index (χ0v) is 15.9. The van der Waals surface area contributed by atoms with E-state index in [9.17, 15) is 4.79 Å². The molecule has 1 amide bonds. The Kier molecular flexibility index (Phi) is 6.23. The summed E-state index contributed by atoms with van der Waals surface area (Å²) >= 11 is 1.44. The largest absolute Gasteiger partial charge is 0.355 e. The molecular formula is C21H23N3OS. The zero-order chi connectivity index (χ0) is 18.4. The third-order valence-electron chi connectivity index (χ3n) is 4.08. The van der Waals surface area contributed by atoms with E-state index in [4.69, 9.17) is 0 Å². The normalized spacial score (nSPS) is 11.0. The Morgan fingerprint density at radius 1 is 1.00 bits per heavy atom. The Morgan fingerprint density at radius 2 is 1.69 bits per heavy atom. The van der Waals surface area contributed by atoms with Crippen LogP contribution in [0, 0.1) is 5.92 Å². The van der Waals surface area contributed by atoms with Crippen LogP contribution in [0.4, 0.5) is 0 Å². The van der Waals surface area contributed by atoms with Crippen LogP contribution in [0.1, 0.15) is 20.3 Å². The molecule has 0 aliphatic carbocycles. The van der Waals surface area contributed by atoms with Gasteiger partial charge in [0.1, 0.15) is 10.7 Å². The van der Waals surface area contributed by atoms with E-state index in [2.05, 4.69) is 35.4 Å². The van der Waals surface area contributed by atoms with E-state index in [1.54, 1.807) is 0 Å². The van der Waals surface area contributed by atoms with Gasteiger partial charge in [-0.25, -0.2) is 0 Å². The first-order chi connectivity index (χ1) is 12.6. The first-order valence-corrected chi connectivity index (χ1v) is 9.84. The molecule has 0 unspecified atom stereocenters. The van der Waals surface area contributed by atoms with Crippen molar-refractivity contribution in [2.45, 2.75) is 25.3 Å². The number of aromatic nitrogens is 2. The Morgan fingerprint density at radius 3 is 2.42 bits per heavy atom. The molecule has 5 heteroatoms. The van der Waals surface area contributed by atoms with Gasteiger partial charge in [-0.2, -0.15) is 0 Å². The van der Waals surface area contributed by atoms with Gasteiger partial charge in [-0.15, -0.1) is 10.2 Å². The van der Waals surface area contributed by atoms with E-state index in [1.807, 2.05) is 48.5 Å². The highest BCUT2D eigenvalue weighted by Crippen LogP contribution is 2.31. The number of carbonyl (C=O) groups excluding carboxylic acids is 1. The average Bonchev–Trinajstić information content (AvgIpc) is 2.66. The van der Waals surface area contributed by atoms with Crippen LogP contribution in [0.3, 0.4) is 0 Å². The maximum absolute atomic E-state index is 12.0. The highest BCUT2D eigenvalue weighted by molar-refractivity contribution is 8.00. The lowest BCUT2D eigenvalue weighted by molar-refractivity contribution is -0.118. The fourth-order valence-corrected chi connectivity index (χ4v) is 3.48. The van der Waals surface area contributed by atoms with Gasteiger partial charge in [0.05, 0.1) is 5.75 Å². The van der Waals surface area contributed by atoms with Gasteiger partial charge >= 0.3 is 0 Å². The predicted molar refractivity (Wildman–Crippen MR) is 108 cm³/mol. The number of hydrogen-bond acceptors (Lipinski definition) is 4. The Bertz CT molecular complexity index is 881. The van der Waals surface area contributed by atoms with Crippen molar-refractivity contribution in [2.24, 2.45) is 5.92 Å². The van der Waals surface area contributed by atoms with Crippen LogP contribution in [0.15, 0.2) is 59.6 Å². The predicted octanol–water partition coefficient (Wildman–Crippen LogP) is 4.55. The molecule has 0 aliphatic rings. The van der Waals surface area contributed by atoms with Crippen molar-refractivity contribution in [3.63, 3.8) is 0 Å². The van der Waals surface area contributed by atoms with Crippen molar-refractivity contribution in [1.82, 2.24) is 15.5 Å². The molecule has 1 heterocycles. The molecule has 3 aromatic rings. The smallest absolute Gasteiger partial charge is 0.230 e. The third kappa shape index (κ3) is 4.61. The molecule has 3 rings (SSSR count). The number of rotatable bonds is 7. The average molecular weight is 366 g/mol. The Hall–Kier alpha value is -2.40. The summed E-state index contributed by atoms with van der Waals surface area (Å²) in [6.45, 7) is 5.02. The second-order valence-corrected chi connectivity index (χ2v) is 7.55. The number of fused-ring (bicyclic) bond motifs is 1. The SMILES string of the molecule is CC(C)CCNC(=O)CSc1nnc(-c2ccccc2)c2ccccc12. The molecule has 0 aliphatic heterocycles. The van der Waals surface area contributed by atoms with Crippen LogP contribution in [-0.2, 0) is 4.79 Å². The lowest BCUT2D eigenvalue weighted by Crippen LogP contribution is -2.26. The number of hydrogen-bond donors (Lipinski definition) is 1. The van der Waals surface area contributed by atoms with E-state index < -0.39 is 0 Å². The summed E-state index contributed by atoms with van der Waals surface area (Å²) in [7, 11) is 0. The van der Waals surface area contributed by atoms with Gasteiger partial charge in [0.25, 0.3) is 0 Å². The fourth-order valence-electron chi connectivity index (χ4n) is 2.68. The maximum Gasteiger partial charge on any atom is 0.230 e. The maximum atomic E-state index is 12.0. The standard InChI is InChI=1S/C21H23N3OS/c1-15(2)12-13-22-19(25)14-26-21-18-11-7-6-10-17(18)20(23-24-21)16-8-4-3-5-9-16/h3-11,15H,12-14H2,1-2H3,(H,22,25). The van der Waals surface area contributed by atoms with Gasteiger partial charge in [0.2, 0.25) is 5.91 Å². The lowest BCUT2D eigenvalue weighted by atomic mass is 10.1. The molecule has 0 bridgehead atoms. The van der Waals surface area contributed by atoms with Crippen LogP contribution in [-0.4, -0.2) is 28.4 Å². The highest BCUT2D eigenvalue weighted by Gasteiger charge is 2.12. The van der Waals surface area contributed by atoms with Gasteiger partial charge in [0, 0.05) is 22.9 Å². The molecule has 0 radical (unpaired) electrons. The molecule has 1 aromatic heterocycles. The van der Waals surface area contributed by atoms with Gasteiger partial charge in [0.15, 0.2) is 0 Å². The van der Waals surface area contributed by atoms with Crippen molar-refractivity contribution < 1.29 is 4.79 Å². The van der Waals surface area contributed by atoms with Crippen molar-refractivity contribution in [2.75, 3.05) is 12.3 Å². The van der Waals surface area contributed by atoms with E-state index in [1.165, 1.54) is 11.8 Å². The molecule has 134 valence electrons. The number of amides is 1. The Labute approximate surface area is 158 Å². The molecule has 0 spiro atoms. The first-order valence-electron chi connectivity index (χ1n) is 8.85. The van der Waals surface area contributed by atoms with Crippen molar-refractivity contribution >= 4 is 28.4 Å². The minimum absolute atomic E-state index is 0.0358. The van der Waals surface area contributed by atoms with E-state index in [0.717, 1.165) is 40.0 Å². The van der Waals surface area contributed by atoms with Crippen LogP contribution >= 0.6 is 11.8 Å².